The fourth-order valence-corrected chi connectivity index (χ4v) is 2.49. The van der Waals surface area contributed by atoms with E-state index in [4.69, 9.17) is 0 Å². The zero-order valence-electron chi connectivity index (χ0n) is 10.5. The number of rotatable bonds is 3. The molecule has 5 nitrogen and oxygen atoms in total. The van der Waals surface area contributed by atoms with Crippen molar-refractivity contribution in [3.63, 3.8) is 0 Å². The summed E-state index contributed by atoms with van der Waals surface area (Å²) in [6, 6.07) is 2.34. The van der Waals surface area contributed by atoms with Crippen LogP contribution in [-0.2, 0) is 0 Å². The highest BCUT2D eigenvalue weighted by atomic mass is 35.5. The van der Waals surface area contributed by atoms with Crippen LogP contribution in [0.5, 0.6) is 0 Å². The summed E-state index contributed by atoms with van der Waals surface area (Å²) in [6.07, 6.45) is 6.66. The zero-order chi connectivity index (χ0) is 12.4. The number of carbonyl (C=O) groups is 1. The van der Waals surface area contributed by atoms with Gasteiger partial charge in [0, 0.05) is 36.2 Å². The highest BCUT2D eigenvalue weighted by Crippen LogP contribution is 2.25. The second-order valence-corrected chi connectivity index (χ2v) is 4.63. The summed E-state index contributed by atoms with van der Waals surface area (Å²) in [5.74, 6) is 0. The van der Waals surface area contributed by atoms with Gasteiger partial charge in [0.15, 0.2) is 6.29 Å². The van der Waals surface area contributed by atoms with Crippen molar-refractivity contribution in [3.05, 3.63) is 24.0 Å². The number of fused-ring (bicyclic) bond motifs is 1. The van der Waals surface area contributed by atoms with Crippen LogP contribution in [0.25, 0.3) is 11.0 Å². The van der Waals surface area contributed by atoms with Crippen molar-refractivity contribution in [2.24, 2.45) is 0 Å². The molecule has 0 saturated carbocycles. The SMILES string of the molecule is Cl.O=Cc1c[nH]c2nccc(NC3CCCNC3)c12. The molecule has 1 unspecified atom stereocenters. The molecular formula is C13H17ClN4O. The lowest BCUT2D eigenvalue weighted by Gasteiger charge is -2.25. The lowest BCUT2D eigenvalue weighted by Crippen LogP contribution is -2.38. The molecule has 0 amide bonds. The Morgan fingerprint density at radius 3 is 3.11 bits per heavy atom. The molecule has 1 atom stereocenters. The quantitative estimate of drug-likeness (QED) is 0.752. The summed E-state index contributed by atoms with van der Waals surface area (Å²) in [6.45, 7) is 2.05. The summed E-state index contributed by atoms with van der Waals surface area (Å²) in [5, 5.41) is 7.76. The molecule has 0 aromatic carbocycles. The van der Waals surface area contributed by atoms with E-state index in [-0.39, 0.29) is 12.4 Å². The minimum Gasteiger partial charge on any atom is -0.380 e. The third kappa shape index (κ3) is 2.72. The predicted molar refractivity (Wildman–Crippen MR) is 78.2 cm³/mol. The Hall–Kier alpha value is -1.59. The molecule has 3 rings (SSSR count). The average Bonchev–Trinajstić information content (AvgIpc) is 2.84. The summed E-state index contributed by atoms with van der Waals surface area (Å²) in [7, 11) is 0. The van der Waals surface area contributed by atoms with Crippen molar-refractivity contribution in [1.29, 1.82) is 0 Å². The molecule has 0 radical (unpaired) electrons. The number of aldehydes is 1. The second-order valence-electron chi connectivity index (χ2n) is 4.63. The number of nitrogens with one attached hydrogen (secondary N) is 3. The Morgan fingerprint density at radius 1 is 1.47 bits per heavy atom. The molecule has 6 heteroatoms. The van der Waals surface area contributed by atoms with E-state index < -0.39 is 0 Å². The fraction of sp³-hybridized carbons (Fsp3) is 0.385. The van der Waals surface area contributed by atoms with Crippen molar-refractivity contribution in [3.8, 4) is 0 Å². The van der Waals surface area contributed by atoms with Crippen molar-refractivity contribution < 1.29 is 4.79 Å². The summed E-state index contributed by atoms with van der Waals surface area (Å²) in [4.78, 5) is 18.3. The van der Waals surface area contributed by atoms with Gasteiger partial charge in [0.05, 0.1) is 5.39 Å². The molecule has 2 aromatic heterocycles. The van der Waals surface area contributed by atoms with E-state index in [1.165, 1.54) is 6.42 Å². The Balaban J connectivity index is 0.00000133. The van der Waals surface area contributed by atoms with Crippen LogP contribution in [0.2, 0.25) is 0 Å². The third-order valence-electron chi connectivity index (χ3n) is 3.39. The number of nitrogens with zero attached hydrogens (tertiary/aromatic N) is 1. The molecule has 0 bridgehead atoms. The van der Waals surface area contributed by atoms with Crippen LogP contribution >= 0.6 is 12.4 Å². The van der Waals surface area contributed by atoms with Gasteiger partial charge in [-0.2, -0.15) is 0 Å². The monoisotopic (exact) mass is 280 g/mol. The summed E-state index contributed by atoms with van der Waals surface area (Å²) >= 11 is 0. The van der Waals surface area contributed by atoms with Gasteiger partial charge < -0.3 is 15.6 Å². The Labute approximate surface area is 117 Å². The maximum Gasteiger partial charge on any atom is 0.152 e. The molecule has 3 N–H and O–H groups in total. The van der Waals surface area contributed by atoms with Gasteiger partial charge in [-0.3, -0.25) is 4.79 Å². The maximum atomic E-state index is 11.0. The van der Waals surface area contributed by atoms with Crippen molar-refractivity contribution in [2.75, 3.05) is 18.4 Å². The van der Waals surface area contributed by atoms with Crippen LogP contribution in [-0.4, -0.2) is 35.4 Å². The summed E-state index contributed by atoms with van der Waals surface area (Å²) in [5.41, 5.74) is 2.40. The van der Waals surface area contributed by atoms with Gasteiger partial charge in [-0.25, -0.2) is 4.98 Å². The Morgan fingerprint density at radius 2 is 2.37 bits per heavy atom. The van der Waals surface area contributed by atoms with Crippen LogP contribution in [0.3, 0.4) is 0 Å². The van der Waals surface area contributed by atoms with Gasteiger partial charge in [-0.1, -0.05) is 0 Å². The zero-order valence-corrected chi connectivity index (χ0v) is 11.3. The molecule has 0 spiro atoms. The molecule has 1 fully saturated rings. The van der Waals surface area contributed by atoms with Gasteiger partial charge in [0.1, 0.15) is 5.65 Å². The number of pyridine rings is 1. The minimum atomic E-state index is 0. The number of aromatic amines is 1. The van der Waals surface area contributed by atoms with Crippen LogP contribution in [0, 0.1) is 0 Å². The molecule has 3 heterocycles. The Bertz CT molecular complexity index is 563. The second kappa shape index (κ2) is 6.04. The molecule has 19 heavy (non-hydrogen) atoms. The van der Waals surface area contributed by atoms with Crippen molar-refractivity contribution >= 4 is 35.4 Å². The lowest BCUT2D eigenvalue weighted by molar-refractivity contribution is 0.112. The van der Waals surface area contributed by atoms with Gasteiger partial charge in [-0.05, 0) is 25.5 Å². The molecule has 0 aliphatic carbocycles. The van der Waals surface area contributed by atoms with Crippen LogP contribution in [0.15, 0.2) is 18.5 Å². The van der Waals surface area contributed by atoms with E-state index >= 15 is 0 Å². The Kier molecular flexibility index (Phi) is 4.39. The van der Waals surface area contributed by atoms with E-state index in [0.717, 1.165) is 42.5 Å². The van der Waals surface area contributed by atoms with E-state index in [1.54, 1.807) is 12.4 Å². The highest BCUT2D eigenvalue weighted by Gasteiger charge is 2.15. The highest BCUT2D eigenvalue weighted by molar-refractivity contribution is 6.02. The maximum absolute atomic E-state index is 11.0. The van der Waals surface area contributed by atoms with Crippen LogP contribution < -0.4 is 10.6 Å². The summed E-state index contributed by atoms with van der Waals surface area (Å²) < 4.78 is 0. The third-order valence-corrected chi connectivity index (χ3v) is 3.39. The minimum absolute atomic E-state index is 0. The van der Waals surface area contributed by atoms with Gasteiger partial charge in [0.2, 0.25) is 0 Å². The van der Waals surface area contributed by atoms with E-state index in [2.05, 4.69) is 20.6 Å². The molecule has 1 aliphatic heterocycles. The number of anilines is 1. The fourth-order valence-electron chi connectivity index (χ4n) is 2.49. The molecule has 1 aliphatic rings. The van der Waals surface area contributed by atoms with E-state index in [9.17, 15) is 4.79 Å². The smallest absolute Gasteiger partial charge is 0.152 e. The normalized spacial score (nSPS) is 18.8. The number of halogens is 1. The number of aromatic nitrogens is 2. The van der Waals surface area contributed by atoms with Crippen LogP contribution in [0.4, 0.5) is 5.69 Å². The lowest BCUT2D eigenvalue weighted by atomic mass is 10.1. The van der Waals surface area contributed by atoms with Crippen LogP contribution in [0.1, 0.15) is 23.2 Å². The first-order valence-electron chi connectivity index (χ1n) is 6.27. The largest absolute Gasteiger partial charge is 0.380 e. The van der Waals surface area contributed by atoms with Crippen molar-refractivity contribution in [2.45, 2.75) is 18.9 Å². The first-order valence-corrected chi connectivity index (χ1v) is 6.27. The molecular weight excluding hydrogens is 264 g/mol. The van der Waals surface area contributed by atoms with Gasteiger partial charge in [-0.15, -0.1) is 12.4 Å². The number of hydrogen-bond acceptors (Lipinski definition) is 4. The first-order chi connectivity index (χ1) is 8.88. The number of carbonyl (C=O) groups excluding carboxylic acids is 1. The molecule has 1 saturated heterocycles. The van der Waals surface area contributed by atoms with E-state index in [0.29, 0.717) is 11.6 Å². The number of piperidine rings is 1. The van der Waals surface area contributed by atoms with E-state index in [1.807, 2.05) is 6.07 Å². The molecule has 102 valence electrons. The van der Waals surface area contributed by atoms with Gasteiger partial charge >= 0.3 is 0 Å². The first kappa shape index (κ1) is 13.8. The molecule has 2 aromatic rings. The number of hydrogen-bond donors (Lipinski definition) is 3. The topological polar surface area (TPSA) is 69.8 Å². The predicted octanol–water partition coefficient (Wildman–Crippen LogP) is 1.96. The van der Waals surface area contributed by atoms with Crippen molar-refractivity contribution in [1.82, 2.24) is 15.3 Å². The standard InChI is InChI=1S/C13H16N4O.ClH/c18-8-9-6-16-13-12(9)11(3-5-15-13)17-10-2-1-4-14-7-10;/h3,5-6,8,10,14H,1-2,4,7H2,(H2,15,16,17);1H. The number of H-pyrrole nitrogens is 1. The average molecular weight is 281 g/mol. The van der Waals surface area contributed by atoms with Gasteiger partial charge in [0.25, 0.3) is 0 Å².